The molecule has 1 heterocycles. The Morgan fingerprint density at radius 2 is 2.12 bits per heavy atom. The Labute approximate surface area is 162 Å². The summed E-state index contributed by atoms with van der Waals surface area (Å²) in [5.41, 5.74) is 0.344. The Balaban J connectivity index is 0.00000288. The second kappa shape index (κ2) is 10.9. The molecule has 7 nitrogen and oxygen atoms in total. The fourth-order valence-corrected chi connectivity index (χ4v) is 3.18. The maximum atomic E-state index is 5.30. The molecule has 0 unspecified atom stereocenters. The molecule has 1 fully saturated rings. The van der Waals surface area contributed by atoms with Gasteiger partial charge in [-0.05, 0) is 31.6 Å². The highest BCUT2D eigenvalue weighted by molar-refractivity contribution is 14.0. The monoisotopic (exact) mass is 450 g/mol. The molecule has 0 aromatic carbocycles. The van der Waals surface area contributed by atoms with Gasteiger partial charge in [0.05, 0.1) is 0 Å². The van der Waals surface area contributed by atoms with Crippen LogP contribution in [0.2, 0.25) is 0 Å². The molecule has 0 bridgehead atoms. The van der Waals surface area contributed by atoms with Crippen molar-refractivity contribution >= 4 is 29.9 Å². The van der Waals surface area contributed by atoms with Gasteiger partial charge < -0.3 is 15.4 Å². The summed E-state index contributed by atoms with van der Waals surface area (Å²) in [7, 11) is 3.67. The van der Waals surface area contributed by atoms with Gasteiger partial charge in [0.15, 0.2) is 5.96 Å². The average molecular weight is 450 g/mol. The molecule has 2 N–H and O–H groups in total. The zero-order valence-corrected chi connectivity index (χ0v) is 17.4. The average Bonchev–Trinajstić information content (AvgIpc) is 3.18. The van der Waals surface area contributed by atoms with Crippen LogP contribution in [-0.4, -0.2) is 47.5 Å². The van der Waals surface area contributed by atoms with Crippen LogP contribution in [0, 0.1) is 5.41 Å². The molecule has 0 aliphatic heterocycles. The van der Waals surface area contributed by atoms with Gasteiger partial charge in [-0.25, -0.2) is 9.98 Å². The van der Waals surface area contributed by atoms with Crippen LogP contribution in [0.3, 0.4) is 0 Å². The van der Waals surface area contributed by atoms with E-state index in [1.165, 1.54) is 25.7 Å². The predicted molar refractivity (Wildman–Crippen MR) is 107 cm³/mol. The largest absolute Gasteiger partial charge is 0.385 e. The topological polar surface area (TPSA) is 76.4 Å². The summed E-state index contributed by atoms with van der Waals surface area (Å²) in [4.78, 5) is 8.84. The molecule has 0 atom stereocenters. The lowest BCUT2D eigenvalue weighted by molar-refractivity contribution is 0.138. The normalized spacial score (nSPS) is 16.7. The number of hydrogen-bond acceptors (Lipinski definition) is 4. The van der Waals surface area contributed by atoms with Crippen molar-refractivity contribution < 1.29 is 4.74 Å². The third-order valence-electron chi connectivity index (χ3n) is 4.66. The van der Waals surface area contributed by atoms with Crippen LogP contribution in [0.4, 0.5) is 0 Å². The molecule has 2 rings (SSSR count). The minimum atomic E-state index is 0. The third kappa shape index (κ3) is 6.19. The van der Waals surface area contributed by atoms with Crippen molar-refractivity contribution in [1.29, 1.82) is 0 Å². The standard InChI is InChI=1S/C16H30N6O.HI/c1-4-17-15(18-11-14-20-13-21-22(14)2)19-12-16(9-10-23-3)7-5-6-8-16;/h13H,4-12H2,1-3H3,(H2,17,18,19);1H. The van der Waals surface area contributed by atoms with Crippen LogP contribution in [0.15, 0.2) is 11.3 Å². The minimum absolute atomic E-state index is 0. The first-order chi connectivity index (χ1) is 11.2. The molecular weight excluding hydrogens is 419 g/mol. The second-order valence-corrected chi connectivity index (χ2v) is 6.30. The summed E-state index contributed by atoms with van der Waals surface area (Å²) in [5.74, 6) is 1.70. The summed E-state index contributed by atoms with van der Waals surface area (Å²) in [6, 6.07) is 0. The molecule has 0 spiro atoms. The molecule has 1 aliphatic rings. The highest BCUT2D eigenvalue weighted by atomic mass is 127. The Morgan fingerprint density at radius 1 is 1.38 bits per heavy atom. The Kier molecular flexibility index (Phi) is 9.57. The number of aryl methyl sites for hydroxylation is 1. The van der Waals surface area contributed by atoms with E-state index in [0.29, 0.717) is 12.0 Å². The van der Waals surface area contributed by atoms with E-state index in [4.69, 9.17) is 4.74 Å². The molecule has 138 valence electrons. The maximum absolute atomic E-state index is 5.30. The summed E-state index contributed by atoms with van der Waals surface area (Å²) < 4.78 is 7.06. The van der Waals surface area contributed by atoms with Gasteiger partial charge in [-0.15, -0.1) is 24.0 Å². The van der Waals surface area contributed by atoms with Gasteiger partial charge in [0.2, 0.25) is 0 Å². The quantitative estimate of drug-likeness (QED) is 0.361. The number of guanidine groups is 1. The van der Waals surface area contributed by atoms with Crippen molar-refractivity contribution in [3.63, 3.8) is 0 Å². The van der Waals surface area contributed by atoms with E-state index in [1.54, 1.807) is 18.1 Å². The number of aliphatic imine (C=N–C) groups is 1. The number of halogens is 1. The van der Waals surface area contributed by atoms with Gasteiger partial charge in [-0.1, -0.05) is 12.8 Å². The van der Waals surface area contributed by atoms with Crippen LogP contribution >= 0.6 is 24.0 Å². The van der Waals surface area contributed by atoms with Crippen LogP contribution < -0.4 is 10.6 Å². The SMILES string of the molecule is CCNC(=NCc1ncnn1C)NCC1(CCOC)CCCC1.I. The van der Waals surface area contributed by atoms with E-state index in [2.05, 4.69) is 32.6 Å². The van der Waals surface area contributed by atoms with Gasteiger partial charge in [-0.2, -0.15) is 5.10 Å². The van der Waals surface area contributed by atoms with Crippen LogP contribution in [0.25, 0.3) is 0 Å². The van der Waals surface area contributed by atoms with Crippen LogP contribution in [-0.2, 0) is 18.3 Å². The first-order valence-electron chi connectivity index (χ1n) is 8.53. The van der Waals surface area contributed by atoms with E-state index in [-0.39, 0.29) is 24.0 Å². The van der Waals surface area contributed by atoms with Crippen LogP contribution in [0.5, 0.6) is 0 Å². The summed E-state index contributed by atoms with van der Waals surface area (Å²) in [6.07, 6.45) is 7.84. The number of methoxy groups -OCH3 is 1. The third-order valence-corrected chi connectivity index (χ3v) is 4.66. The molecule has 24 heavy (non-hydrogen) atoms. The first kappa shape index (κ1) is 21.1. The molecular formula is C16H31IN6O. The number of hydrogen-bond donors (Lipinski definition) is 2. The zero-order valence-electron chi connectivity index (χ0n) is 15.0. The lowest BCUT2D eigenvalue weighted by Gasteiger charge is -2.30. The minimum Gasteiger partial charge on any atom is -0.385 e. The molecule has 1 aromatic heterocycles. The van der Waals surface area contributed by atoms with E-state index in [1.807, 2.05) is 7.05 Å². The van der Waals surface area contributed by atoms with Crippen molar-refractivity contribution in [2.75, 3.05) is 26.8 Å². The first-order valence-corrected chi connectivity index (χ1v) is 8.53. The Bertz CT molecular complexity index is 499. The summed E-state index contributed by atoms with van der Waals surface area (Å²) in [5, 5.41) is 10.9. The fraction of sp³-hybridized carbons (Fsp3) is 0.812. The van der Waals surface area contributed by atoms with Gasteiger partial charge >= 0.3 is 0 Å². The lowest BCUT2D eigenvalue weighted by Crippen LogP contribution is -2.43. The van der Waals surface area contributed by atoms with Crippen molar-refractivity contribution in [3.05, 3.63) is 12.2 Å². The van der Waals surface area contributed by atoms with Gasteiger partial charge in [0, 0.05) is 33.9 Å². The van der Waals surface area contributed by atoms with Crippen molar-refractivity contribution in [1.82, 2.24) is 25.4 Å². The summed E-state index contributed by atoms with van der Waals surface area (Å²) >= 11 is 0. The number of nitrogens with zero attached hydrogens (tertiary/aromatic N) is 4. The molecule has 1 saturated carbocycles. The highest BCUT2D eigenvalue weighted by Crippen LogP contribution is 2.40. The highest BCUT2D eigenvalue weighted by Gasteiger charge is 2.33. The van der Waals surface area contributed by atoms with Gasteiger partial charge in [-0.3, -0.25) is 4.68 Å². The zero-order chi connectivity index (χ0) is 16.5. The number of ether oxygens (including phenoxy) is 1. The molecule has 0 saturated heterocycles. The van der Waals surface area contributed by atoms with Gasteiger partial charge in [0.25, 0.3) is 0 Å². The number of rotatable bonds is 8. The second-order valence-electron chi connectivity index (χ2n) is 6.30. The van der Waals surface area contributed by atoms with Crippen molar-refractivity contribution in [3.8, 4) is 0 Å². The predicted octanol–water partition coefficient (Wildman–Crippen LogP) is 2.09. The van der Waals surface area contributed by atoms with E-state index >= 15 is 0 Å². The molecule has 0 amide bonds. The maximum Gasteiger partial charge on any atom is 0.191 e. The molecule has 0 radical (unpaired) electrons. The van der Waals surface area contributed by atoms with E-state index < -0.39 is 0 Å². The number of nitrogens with one attached hydrogen (secondary N) is 2. The smallest absolute Gasteiger partial charge is 0.191 e. The lowest BCUT2D eigenvalue weighted by atomic mass is 9.83. The Morgan fingerprint density at radius 3 is 2.71 bits per heavy atom. The fourth-order valence-electron chi connectivity index (χ4n) is 3.18. The molecule has 8 heteroatoms. The molecule has 1 aromatic rings. The Hall–Kier alpha value is -0.900. The van der Waals surface area contributed by atoms with E-state index in [0.717, 1.165) is 37.9 Å². The van der Waals surface area contributed by atoms with Crippen molar-refractivity contribution in [2.45, 2.75) is 45.6 Å². The summed E-state index contributed by atoms with van der Waals surface area (Å²) in [6.45, 7) is 5.22. The molecule has 1 aliphatic carbocycles. The van der Waals surface area contributed by atoms with Crippen molar-refractivity contribution in [2.24, 2.45) is 17.5 Å². The van der Waals surface area contributed by atoms with Crippen LogP contribution in [0.1, 0.15) is 44.9 Å². The number of aromatic nitrogens is 3. The van der Waals surface area contributed by atoms with E-state index in [9.17, 15) is 0 Å². The van der Waals surface area contributed by atoms with Gasteiger partial charge in [0.1, 0.15) is 18.7 Å².